The maximum absolute atomic E-state index is 12.7. The van der Waals surface area contributed by atoms with E-state index < -0.39 is 17.8 Å². The molecule has 0 fully saturated rings. The van der Waals surface area contributed by atoms with E-state index in [0.717, 1.165) is 17.7 Å². The normalized spacial score (nSPS) is 13.2. The molecule has 1 aromatic carbocycles. The molecule has 4 N–H and O–H groups in total. The minimum atomic E-state index is -4.40. The highest BCUT2D eigenvalue weighted by Gasteiger charge is 2.31. The lowest BCUT2D eigenvalue weighted by molar-refractivity contribution is -0.137. The second-order valence-corrected chi connectivity index (χ2v) is 4.59. The van der Waals surface area contributed by atoms with Crippen molar-refractivity contribution in [1.29, 1.82) is 0 Å². The van der Waals surface area contributed by atoms with E-state index in [0.29, 0.717) is 11.1 Å². The van der Waals surface area contributed by atoms with Gasteiger partial charge in [0.25, 0.3) is 0 Å². The first-order chi connectivity index (χ1) is 9.29. The number of anilines is 1. The molecule has 1 unspecified atom stereocenters. The zero-order valence-electron chi connectivity index (χ0n) is 10.8. The number of alkyl halides is 3. The molecule has 3 nitrogen and oxygen atoms in total. The van der Waals surface area contributed by atoms with E-state index in [4.69, 9.17) is 11.5 Å². The SMILES string of the molecule is Cc1cnc(N)c(C(N)c2cccc(C(F)(F)F)c2)c1. The van der Waals surface area contributed by atoms with Crippen LogP contribution in [0.1, 0.15) is 28.3 Å². The van der Waals surface area contributed by atoms with Crippen LogP contribution in [-0.4, -0.2) is 4.98 Å². The lowest BCUT2D eigenvalue weighted by atomic mass is 9.97. The van der Waals surface area contributed by atoms with Crippen LogP contribution in [0.4, 0.5) is 19.0 Å². The minimum Gasteiger partial charge on any atom is -0.383 e. The van der Waals surface area contributed by atoms with Crippen molar-refractivity contribution >= 4 is 5.82 Å². The third-order valence-corrected chi connectivity index (χ3v) is 2.99. The zero-order chi connectivity index (χ0) is 14.9. The average molecular weight is 281 g/mol. The van der Waals surface area contributed by atoms with Crippen LogP contribution in [0, 0.1) is 6.92 Å². The van der Waals surface area contributed by atoms with E-state index >= 15 is 0 Å². The van der Waals surface area contributed by atoms with Gasteiger partial charge in [0.2, 0.25) is 0 Å². The van der Waals surface area contributed by atoms with Gasteiger partial charge in [-0.3, -0.25) is 0 Å². The van der Waals surface area contributed by atoms with Crippen molar-refractivity contribution in [2.75, 3.05) is 5.73 Å². The van der Waals surface area contributed by atoms with E-state index in [1.807, 2.05) is 6.92 Å². The quantitative estimate of drug-likeness (QED) is 0.889. The summed E-state index contributed by atoms with van der Waals surface area (Å²) in [7, 11) is 0. The minimum absolute atomic E-state index is 0.223. The summed E-state index contributed by atoms with van der Waals surface area (Å²) in [4.78, 5) is 3.97. The number of pyridine rings is 1. The molecule has 0 spiro atoms. The third-order valence-electron chi connectivity index (χ3n) is 2.99. The van der Waals surface area contributed by atoms with Crippen LogP contribution in [0.25, 0.3) is 0 Å². The summed E-state index contributed by atoms with van der Waals surface area (Å²) in [6.07, 6.45) is -2.82. The fourth-order valence-electron chi connectivity index (χ4n) is 1.94. The summed E-state index contributed by atoms with van der Waals surface area (Å²) < 4.78 is 38.1. The summed E-state index contributed by atoms with van der Waals surface area (Å²) in [6.45, 7) is 1.81. The van der Waals surface area contributed by atoms with Gasteiger partial charge in [-0.25, -0.2) is 4.98 Å². The number of hydrogen-bond donors (Lipinski definition) is 2. The number of rotatable bonds is 2. The molecule has 0 aliphatic rings. The molecule has 20 heavy (non-hydrogen) atoms. The van der Waals surface area contributed by atoms with E-state index in [1.54, 1.807) is 18.3 Å². The molecule has 0 aliphatic carbocycles. The highest BCUT2D eigenvalue weighted by molar-refractivity contribution is 5.47. The smallest absolute Gasteiger partial charge is 0.383 e. The van der Waals surface area contributed by atoms with Crippen LogP contribution in [0.3, 0.4) is 0 Å². The molecular weight excluding hydrogens is 267 g/mol. The molecule has 2 rings (SSSR count). The van der Waals surface area contributed by atoms with Gasteiger partial charge in [-0.15, -0.1) is 0 Å². The number of halogens is 3. The maximum atomic E-state index is 12.7. The molecule has 1 aromatic heterocycles. The Bertz CT molecular complexity index is 623. The number of aromatic nitrogens is 1. The first-order valence-electron chi connectivity index (χ1n) is 5.94. The van der Waals surface area contributed by atoms with Crippen LogP contribution in [-0.2, 0) is 6.18 Å². The molecule has 0 saturated carbocycles. The molecule has 1 heterocycles. The summed E-state index contributed by atoms with van der Waals surface area (Å²) in [6, 6.07) is 5.90. The second kappa shape index (κ2) is 5.13. The van der Waals surface area contributed by atoms with E-state index in [1.165, 1.54) is 6.07 Å². The fourth-order valence-corrected chi connectivity index (χ4v) is 1.94. The molecule has 0 amide bonds. The highest BCUT2D eigenvalue weighted by Crippen LogP contribution is 2.32. The number of aryl methyl sites for hydroxylation is 1. The van der Waals surface area contributed by atoms with Crippen molar-refractivity contribution < 1.29 is 13.2 Å². The Morgan fingerprint density at radius 2 is 1.90 bits per heavy atom. The largest absolute Gasteiger partial charge is 0.416 e. The Kier molecular flexibility index (Phi) is 3.67. The van der Waals surface area contributed by atoms with Gasteiger partial charge in [0, 0.05) is 11.8 Å². The van der Waals surface area contributed by atoms with Gasteiger partial charge in [0.1, 0.15) is 5.82 Å². The monoisotopic (exact) mass is 281 g/mol. The van der Waals surface area contributed by atoms with Crippen LogP contribution in [0.5, 0.6) is 0 Å². The van der Waals surface area contributed by atoms with Crippen molar-refractivity contribution in [2.24, 2.45) is 5.73 Å². The van der Waals surface area contributed by atoms with Gasteiger partial charge in [-0.05, 0) is 36.2 Å². The second-order valence-electron chi connectivity index (χ2n) is 4.59. The Labute approximate surface area is 114 Å². The van der Waals surface area contributed by atoms with Gasteiger partial charge in [0.15, 0.2) is 0 Å². The lowest BCUT2D eigenvalue weighted by Gasteiger charge is -2.16. The molecule has 2 aromatic rings. The van der Waals surface area contributed by atoms with Gasteiger partial charge in [-0.1, -0.05) is 12.1 Å². The third kappa shape index (κ3) is 2.91. The van der Waals surface area contributed by atoms with Crippen LogP contribution >= 0.6 is 0 Å². The van der Waals surface area contributed by atoms with Crippen molar-refractivity contribution in [3.05, 3.63) is 58.8 Å². The molecule has 1 atom stereocenters. The lowest BCUT2D eigenvalue weighted by Crippen LogP contribution is -2.16. The molecule has 0 radical (unpaired) electrons. The molecule has 0 bridgehead atoms. The van der Waals surface area contributed by atoms with Crippen LogP contribution < -0.4 is 11.5 Å². The molecule has 6 heteroatoms. The van der Waals surface area contributed by atoms with Gasteiger partial charge in [-0.2, -0.15) is 13.2 Å². The number of nitrogens with two attached hydrogens (primary N) is 2. The number of benzene rings is 1. The first kappa shape index (κ1) is 14.3. The highest BCUT2D eigenvalue weighted by atomic mass is 19.4. The molecule has 0 saturated heterocycles. The van der Waals surface area contributed by atoms with E-state index in [-0.39, 0.29) is 5.82 Å². The number of nitrogen functional groups attached to an aromatic ring is 1. The summed E-state index contributed by atoms with van der Waals surface area (Å²) in [5, 5.41) is 0. The molecular formula is C14H14F3N3. The van der Waals surface area contributed by atoms with E-state index in [9.17, 15) is 13.2 Å². The Morgan fingerprint density at radius 1 is 1.20 bits per heavy atom. The van der Waals surface area contributed by atoms with Gasteiger partial charge >= 0.3 is 6.18 Å². The maximum Gasteiger partial charge on any atom is 0.416 e. The zero-order valence-corrected chi connectivity index (χ0v) is 10.8. The van der Waals surface area contributed by atoms with Crippen LogP contribution in [0.2, 0.25) is 0 Å². The summed E-state index contributed by atoms with van der Waals surface area (Å²) >= 11 is 0. The Hall–Kier alpha value is -2.08. The van der Waals surface area contributed by atoms with Crippen molar-refractivity contribution in [2.45, 2.75) is 19.1 Å². The van der Waals surface area contributed by atoms with Crippen molar-refractivity contribution in [3.8, 4) is 0 Å². The predicted molar refractivity (Wildman–Crippen MR) is 70.9 cm³/mol. The molecule has 106 valence electrons. The summed E-state index contributed by atoms with van der Waals surface area (Å²) in [5.41, 5.74) is 12.7. The number of nitrogens with zero attached hydrogens (tertiary/aromatic N) is 1. The Balaban J connectivity index is 2.43. The number of hydrogen-bond acceptors (Lipinski definition) is 3. The van der Waals surface area contributed by atoms with Crippen molar-refractivity contribution in [1.82, 2.24) is 4.98 Å². The van der Waals surface area contributed by atoms with Gasteiger partial charge in [0.05, 0.1) is 11.6 Å². The predicted octanol–water partition coefficient (Wildman–Crippen LogP) is 3.04. The first-order valence-corrected chi connectivity index (χ1v) is 5.94. The average Bonchev–Trinajstić information content (AvgIpc) is 2.40. The van der Waals surface area contributed by atoms with Crippen molar-refractivity contribution in [3.63, 3.8) is 0 Å². The Morgan fingerprint density at radius 3 is 2.55 bits per heavy atom. The van der Waals surface area contributed by atoms with Gasteiger partial charge < -0.3 is 11.5 Å². The van der Waals surface area contributed by atoms with E-state index in [2.05, 4.69) is 4.98 Å². The topological polar surface area (TPSA) is 64.9 Å². The summed E-state index contributed by atoms with van der Waals surface area (Å²) in [5.74, 6) is 0.223. The van der Waals surface area contributed by atoms with Crippen LogP contribution in [0.15, 0.2) is 36.5 Å². The molecule has 0 aliphatic heterocycles. The standard InChI is InChI=1S/C14H14F3N3/c1-8-5-11(13(19)20-7-8)12(18)9-3-2-4-10(6-9)14(15,16)17/h2-7,12H,18H2,1H3,(H2,19,20). The fraction of sp³-hybridized carbons (Fsp3) is 0.214.